The molecule has 2 unspecified atom stereocenters. The summed E-state index contributed by atoms with van der Waals surface area (Å²) in [5, 5.41) is 2.61. The molecule has 0 radical (unpaired) electrons. The van der Waals surface area contributed by atoms with Crippen LogP contribution in [0.3, 0.4) is 0 Å². The molecule has 0 spiro atoms. The van der Waals surface area contributed by atoms with Gasteiger partial charge < -0.3 is 9.47 Å². The Bertz CT molecular complexity index is 2030. The van der Waals surface area contributed by atoms with Crippen LogP contribution in [0.15, 0.2) is 103 Å². The van der Waals surface area contributed by atoms with E-state index in [1.807, 2.05) is 24.3 Å². The summed E-state index contributed by atoms with van der Waals surface area (Å²) in [6.07, 6.45) is 9.27. The molecule has 0 fully saturated rings. The highest BCUT2D eigenvalue weighted by Crippen LogP contribution is 2.55. The van der Waals surface area contributed by atoms with Crippen LogP contribution in [-0.2, 0) is 33.3 Å². The molecule has 0 saturated heterocycles. The molecular formula is C46H51FNO2+. The van der Waals surface area contributed by atoms with Gasteiger partial charge in [0.25, 0.3) is 0 Å². The van der Waals surface area contributed by atoms with E-state index in [-0.39, 0.29) is 23.3 Å². The van der Waals surface area contributed by atoms with Gasteiger partial charge in [-0.1, -0.05) is 120 Å². The molecule has 0 bridgehead atoms. The van der Waals surface area contributed by atoms with Crippen molar-refractivity contribution in [1.29, 1.82) is 0 Å². The molecule has 3 nitrogen and oxygen atoms in total. The number of pyridine rings is 1. The van der Waals surface area contributed by atoms with Gasteiger partial charge in [-0.3, -0.25) is 0 Å². The molecule has 2 heterocycles. The molecule has 1 aromatic heterocycles. The minimum atomic E-state index is -0.482. The summed E-state index contributed by atoms with van der Waals surface area (Å²) in [4.78, 5) is 0. The van der Waals surface area contributed by atoms with E-state index in [0.29, 0.717) is 6.61 Å². The first-order chi connectivity index (χ1) is 24.3. The number of methoxy groups -OCH3 is 1. The Labute approximate surface area is 297 Å². The second-order valence-corrected chi connectivity index (χ2v) is 14.8. The van der Waals surface area contributed by atoms with Crippen LogP contribution in [-0.4, -0.2) is 13.7 Å². The summed E-state index contributed by atoms with van der Waals surface area (Å²) in [6, 6.07) is 31.4. The average Bonchev–Trinajstić information content (AvgIpc) is 3.26. The Hall–Kier alpha value is -4.28. The number of halogens is 1. The summed E-state index contributed by atoms with van der Waals surface area (Å²) in [5.41, 5.74) is 8.37. The third-order valence-corrected chi connectivity index (χ3v) is 12.0. The topological polar surface area (TPSA) is 22.3 Å². The van der Waals surface area contributed by atoms with Crippen LogP contribution in [0.5, 0.6) is 0 Å². The van der Waals surface area contributed by atoms with Crippen molar-refractivity contribution >= 4 is 16.5 Å². The van der Waals surface area contributed by atoms with Crippen LogP contribution >= 0.6 is 0 Å². The second-order valence-electron chi connectivity index (χ2n) is 14.8. The first-order valence-electron chi connectivity index (χ1n) is 18.6. The summed E-state index contributed by atoms with van der Waals surface area (Å²) in [7, 11) is 1.72. The average molecular weight is 669 g/mol. The first-order valence-corrected chi connectivity index (χ1v) is 18.6. The molecule has 50 heavy (non-hydrogen) atoms. The molecule has 1 aliphatic carbocycles. The quantitative estimate of drug-likeness (QED) is 0.0975. The maximum absolute atomic E-state index is 16.4. The van der Waals surface area contributed by atoms with Crippen LogP contribution in [0.4, 0.5) is 4.39 Å². The predicted molar refractivity (Wildman–Crippen MR) is 203 cm³/mol. The molecule has 7 rings (SSSR count). The van der Waals surface area contributed by atoms with Gasteiger partial charge in [-0.2, -0.15) is 4.57 Å². The number of benzene rings is 4. The standard InChI is InChI=1S/C46H51FNO2/c1-7-10-17-31-22-23-36-41-35(31)26-27-48-29-34(46(8-2,9-3)37-24-25-38(47)43(45(36,4)5)42(37)44(41)48)30-50-40(33-20-15-12-16-21-33)28-39(49-6)32-18-13-11-14-19-32/h11-16,18-28,34,40H,7-10,17,29-30H2,1-6H3/q+1. The van der Waals surface area contributed by atoms with E-state index in [9.17, 15) is 0 Å². The lowest BCUT2D eigenvalue weighted by Gasteiger charge is -2.40. The van der Waals surface area contributed by atoms with Gasteiger partial charge in [0.2, 0.25) is 5.69 Å². The Balaban J connectivity index is 1.40. The molecule has 4 aromatic carbocycles. The van der Waals surface area contributed by atoms with Crippen molar-refractivity contribution in [3.8, 4) is 11.3 Å². The lowest BCUT2D eigenvalue weighted by atomic mass is 9.62. The Morgan fingerprint density at radius 1 is 0.900 bits per heavy atom. The molecule has 2 atom stereocenters. The molecule has 4 heteroatoms. The van der Waals surface area contributed by atoms with E-state index in [4.69, 9.17) is 9.47 Å². The summed E-state index contributed by atoms with van der Waals surface area (Å²) < 4.78 is 31.9. The normalized spacial score (nSPS) is 17.7. The summed E-state index contributed by atoms with van der Waals surface area (Å²) >= 11 is 0. The number of unbranched alkanes of at least 4 members (excludes halogenated alkanes) is 1. The minimum Gasteiger partial charge on any atom is -0.496 e. The van der Waals surface area contributed by atoms with Gasteiger partial charge in [-0.15, -0.1) is 0 Å². The monoisotopic (exact) mass is 668 g/mol. The van der Waals surface area contributed by atoms with E-state index in [2.05, 4.69) is 112 Å². The highest BCUT2D eigenvalue weighted by atomic mass is 19.1. The van der Waals surface area contributed by atoms with E-state index in [1.165, 1.54) is 33.2 Å². The van der Waals surface area contributed by atoms with Crippen LogP contribution in [0.25, 0.3) is 27.8 Å². The molecule has 0 N–H and O–H groups in total. The summed E-state index contributed by atoms with van der Waals surface area (Å²) in [6.45, 7) is 12.6. The van der Waals surface area contributed by atoms with Crippen molar-refractivity contribution < 1.29 is 18.4 Å². The highest BCUT2D eigenvalue weighted by Gasteiger charge is 2.50. The van der Waals surface area contributed by atoms with Gasteiger partial charge in [-0.05, 0) is 65.5 Å². The minimum absolute atomic E-state index is 0.115. The fourth-order valence-electron chi connectivity index (χ4n) is 9.18. The number of hydrogen-bond acceptors (Lipinski definition) is 2. The lowest BCUT2D eigenvalue weighted by molar-refractivity contribution is -0.692. The zero-order valence-electron chi connectivity index (χ0n) is 30.6. The molecule has 0 amide bonds. The van der Waals surface area contributed by atoms with Crippen LogP contribution in [0.1, 0.15) is 99.8 Å². The van der Waals surface area contributed by atoms with Crippen LogP contribution in [0, 0.1) is 11.7 Å². The molecule has 2 aliphatic rings. The second kappa shape index (κ2) is 13.8. The molecule has 0 saturated carbocycles. The van der Waals surface area contributed by atoms with Crippen molar-refractivity contribution in [1.82, 2.24) is 0 Å². The maximum atomic E-state index is 16.4. The zero-order valence-corrected chi connectivity index (χ0v) is 30.6. The molecule has 5 aromatic rings. The fourth-order valence-corrected chi connectivity index (χ4v) is 9.18. The number of aryl methyl sites for hydroxylation is 1. The maximum Gasteiger partial charge on any atom is 0.221 e. The van der Waals surface area contributed by atoms with Gasteiger partial charge in [0.15, 0.2) is 12.7 Å². The van der Waals surface area contributed by atoms with Crippen molar-refractivity contribution in [2.24, 2.45) is 5.92 Å². The van der Waals surface area contributed by atoms with E-state index in [0.717, 1.165) is 66.7 Å². The predicted octanol–water partition coefficient (Wildman–Crippen LogP) is 11.0. The highest BCUT2D eigenvalue weighted by molar-refractivity contribution is 6.02. The van der Waals surface area contributed by atoms with E-state index >= 15 is 4.39 Å². The largest absolute Gasteiger partial charge is 0.496 e. The van der Waals surface area contributed by atoms with Crippen molar-refractivity contribution in [3.05, 3.63) is 142 Å². The molecular weight excluding hydrogens is 618 g/mol. The first kappa shape index (κ1) is 34.2. The smallest absolute Gasteiger partial charge is 0.221 e. The SMILES string of the molecule is CCCCc1ccc2c3c4[n+](ccc13)CC(COC(C=C(OC)c1ccccc1)c1ccccc1)C(CC)(CC)c1ccc(F)c(c1-4)C2(C)C. The van der Waals surface area contributed by atoms with Gasteiger partial charge in [0, 0.05) is 28.0 Å². The third kappa shape index (κ3) is 5.57. The van der Waals surface area contributed by atoms with Gasteiger partial charge in [0.05, 0.1) is 30.6 Å². The van der Waals surface area contributed by atoms with Crippen molar-refractivity contribution in [3.63, 3.8) is 0 Å². The van der Waals surface area contributed by atoms with Crippen LogP contribution in [0.2, 0.25) is 0 Å². The van der Waals surface area contributed by atoms with E-state index in [1.54, 1.807) is 13.2 Å². The number of rotatable bonds is 12. The Morgan fingerprint density at radius 2 is 1.60 bits per heavy atom. The number of ether oxygens (including phenoxy) is 2. The number of aromatic nitrogens is 1. The Morgan fingerprint density at radius 3 is 2.28 bits per heavy atom. The molecule has 258 valence electrons. The van der Waals surface area contributed by atoms with Crippen molar-refractivity contribution in [2.75, 3.05) is 13.7 Å². The van der Waals surface area contributed by atoms with Gasteiger partial charge >= 0.3 is 0 Å². The number of hydrogen-bond donors (Lipinski definition) is 0. The Kier molecular flexibility index (Phi) is 9.43. The summed E-state index contributed by atoms with van der Waals surface area (Å²) in [5.74, 6) is 0.804. The van der Waals surface area contributed by atoms with Crippen molar-refractivity contribution in [2.45, 2.75) is 90.2 Å². The third-order valence-electron chi connectivity index (χ3n) is 12.0. The zero-order chi connectivity index (χ0) is 35.0. The van der Waals surface area contributed by atoms with Gasteiger partial charge in [0.1, 0.15) is 17.7 Å². The van der Waals surface area contributed by atoms with Gasteiger partial charge in [-0.25, -0.2) is 4.39 Å². The number of nitrogens with zero attached hydrogens (tertiary/aromatic N) is 1. The van der Waals surface area contributed by atoms with E-state index < -0.39 is 5.41 Å². The van der Waals surface area contributed by atoms with Crippen LogP contribution < -0.4 is 4.57 Å². The fraction of sp³-hybridized carbons (Fsp3) is 0.370. The molecule has 1 aliphatic heterocycles. The lowest BCUT2D eigenvalue weighted by Crippen LogP contribution is -2.46.